The molecule has 2 heterocycles. The van der Waals surface area contributed by atoms with Crippen molar-refractivity contribution in [2.45, 2.75) is 20.3 Å². The van der Waals surface area contributed by atoms with Crippen molar-refractivity contribution in [1.29, 1.82) is 0 Å². The summed E-state index contributed by atoms with van der Waals surface area (Å²) in [6, 6.07) is 10.3. The third-order valence-corrected chi connectivity index (χ3v) is 5.01. The first-order valence-corrected chi connectivity index (χ1v) is 8.87. The SMILES string of the molecule is COC(=O)c1c(C)[nH]c(C(=O)NCC2CCN(c3ccccc3)C2)c1C. The van der Waals surface area contributed by atoms with Crippen molar-refractivity contribution in [3.05, 3.63) is 52.8 Å². The van der Waals surface area contributed by atoms with E-state index < -0.39 is 5.97 Å². The second-order valence-corrected chi connectivity index (χ2v) is 6.76. The zero-order valence-corrected chi connectivity index (χ0v) is 15.5. The van der Waals surface area contributed by atoms with Gasteiger partial charge in [0, 0.05) is 31.0 Å². The normalized spacial score (nSPS) is 16.6. The molecule has 1 unspecified atom stereocenters. The Labute approximate surface area is 153 Å². The van der Waals surface area contributed by atoms with Gasteiger partial charge >= 0.3 is 5.97 Å². The summed E-state index contributed by atoms with van der Waals surface area (Å²) in [5, 5.41) is 3.00. The van der Waals surface area contributed by atoms with Crippen LogP contribution in [-0.4, -0.2) is 43.6 Å². The van der Waals surface area contributed by atoms with E-state index in [2.05, 4.69) is 27.3 Å². The summed E-state index contributed by atoms with van der Waals surface area (Å²) in [5.74, 6) is -0.195. The molecule has 2 N–H and O–H groups in total. The number of hydrogen-bond acceptors (Lipinski definition) is 4. The third-order valence-electron chi connectivity index (χ3n) is 5.01. The average Bonchev–Trinajstić information content (AvgIpc) is 3.24. The van der Waals surface area contributed by atoms with Crippen LogP contribution in [0, 0.1) is 19.8 Å². The van der Waals surface area contributed by atoms with E-state index >= 15 is 0 Å². The quantitative estimate of drug-likeness (QED) is 0.809. The molecule has 1 fully saturated rings. The maximum Gasteiger partial charge on any atom is 0.339 e. The number of carbonyl (C=O) groups is 2. The number of amides is 1. The molecule has 6 nitrogen and oxygen atoms in total. The molecule has 3 rings (SSSR count). The summed E-state index contributed by atoms with van der Waals surface area (Å²) in [6.07, 6.45) is 1.05. The topological polar surface area (TPSA) is 74.4 Å². The molecule has 0 radical (unpaired) electrons. The molecule has 26 heavy (non-hydrogen) atoms. The van der Waals surface area contributed by atoms with Gasteiger partial charge in [-0.05, 0) is 43.9 Å². The molecule has 1 saturated heterocycles. The minimum atomic E-state index is -0.426. The fraction of sp³-hybridized carbons (Fsp3) is 0.400. The van der Waals surface area contributed by atoms with E-state index in [-0.39, 0.29) is 5.91 Å². The summed E-state index contributed by atoms with van der Waals surface area (Å²) < 4.78 is 4.79. The van der Waals surface area contributed by atoms with Crippen LogP contribution >= 0.6 is 0 Å². The maximum absolute atomic E-state index is 12.5. The first-order chi connectivity index (χ1) is 12.5. The Morgan fingerprint density at radius 2 is 2.00 bits per heavy atom. The highest BCUT2D eigenvalue weighted by atomic mass is 16.5. The maximum atomic E-state index is 12.5. The number of benzene rings is 1. The molecule has 0 saturated carbocycles. The van der Waals surface area contributed by atoms with Gasteiger partial charge in [-0.25, -0.2) is 4.79 Å². The molecular weight excluding hydrogens is 330 g/mol. The number of aryl methyl sites for hydroxylation is 1. The van der Waals surface area contributed by atoms with Crippen LogP contribution in [0.4, 0.5) is 5.69 Å². The van der Waals surface area contributed by atoms with E-state index in [0.717, 1.165) is 19.5 Å². The number of hydrogen-bond donors (Lipinski definition) is 2. The second-order valence-electron chi connectivity index (χ2n) is 6.76. The molecule has 1 aromatic heterocycles. The van der Waals surface area contributed by atoms with Gasteiger partial charge in [0.2, 0.25) is 0 Å². The number of nitrogens with zero attached hydrogens (tertiary/aromatic N) is 1. The summed E-state index contributed by atoms with van der Waals surface area (Å²) in [4.78, 5) is 29.7. The van der Waals surface area contributed by atoms with Gasteiger partial charge in [-0.3, -0.25) is 4.79 Å². The number of carbonyl (C=O) groups excluding carboxylic acids is 2. The number of H-pyrrole nitrogens is 1. The van der Waals surface area contributed by atoms with Crippen LogP contribution in [0.1, 0.15) is 38.5 Å². The highest BCUT2D eigenvalue weighted by Crippen LogP contribution is 2.23. The van der Waals surface area contributed by atoms with Gasteiger partial charge in [0.15, 0.2) is 0 Å². The van der Waals surface area contributed by atoms with Crippen molar-refractivity contribution in [1.82, 2.24) is 10.3 Å². The first kappa shape index (κ1) is 18.0. The Bertz CT molecular complexity index is 798. The molecule has 1 aliphatic rings. The lowest BCUT2D eigenvalue weighted by Gasteiger charge is -2.18. The van der Waals surface area contributed by atoms with E-state index in [1.165, 1.54) is 12.8 Å². The van der Waals surface area contributed by atoms with Crippen molar-refractivity contribution in [2.75, 3.05) is 31.6 Å². The van der Waals surface area contributed by atoms with Crippen molar-refractivity contribution in [3.63, 3.8) is 0 Å². The van der Waals surface area contributed by atoms with Crippen LogP contribution in [0.3, 0.4) is 0 Å². The molecule has 1 atom stereocenters. The zero-order valence-electron chi connectivity index (χ0n) is 15.5. The molecule has 2 aromatic rings. The molecule has 0 spiro atoms. The smallest absolute Gasteiger partial charge is 0.339 e. The lowest BCUT2D eigenvalue weighted by molar-refractivity contribution is 0.0599. The number of methoxy groups -OCH3 is 1. The van der Waals surface area contributed by atoms with Gasteiger partial charge in [0.1, 0.15) is 5.69 Å². The van der Waals surface area contributed by atoms with Gasteiger partial charge < -0.3 is 19.9 Å². The number of aromatic nitrogens is 1. The van der Waals surface area contributed by atoms with Crippen LogP contribution in [0.2, 0.25) is 0 Å². The number of para-hydroxylation sites is 1. The predicted molar refractivity (Wildman–Crippen MR) is 101 cm³/mol. The minimum absolute atomic E-state index is 0.182. The fourth-order valence-electron chi connectivity index (χ4n) is 3.58. The van der Waals surface area contributed by atoms with Gasteiger partial charge in [0.25, 0.3) is 5.91 Å². The zero-order chi connectivity index (χ0) is 18.7. The standard InChI is InChI=1S/C20H25N3O3/c1-13-17(20(25)26-3)14(2)22-18(13)19(24)21-11-15-9-10-23(12-15)16-7-5-4-6-8-16/h4-8,15,22H,9-12H2,1-3H3,(H,21,24). The number of esters is 1. The van der Waals surface area contributed by atoms with Crippen LogP contribution in [0.15, 0.2) is 30.3 Å². The van der Waals surface area contributed by atoms with Gasteiger partial charge in [-0.15, -0.1) is 0 Å². The Balaban J connectivity index is 1.59. The largest absolute Gasteiger partial charge is 0.465 e. The van der Waals surface area contributed by atoms with Crippen LogP contribution < -0.4 is 10.2 Å². The molecule has 1 aromatic carbocycles. The number of aromatic amines is 1. The number of nitrogens with one attached hydrogen (secondary N) is 2. The Morgan fingerprint density at radius 1 is 1.27 bits per heavy atom. The second kappa shape index (κ2) is 7.64. The molecule has 6 heteroatoms. The van der Waals surface area contributed by atoms with E-state index in [0.29, 0.717) is 35.0 Å². The molecular formula is C20H25N3O3. The summed E-state index contributed by atoms with van der Waals surface area (Å²) in [7, 11) is 1.34. The molecule has 1 amide bonds. The fourth-order valence-corrected chi connectivity index (χ4v) is 3.58. The monoisotopic (exact) mass is 355 g/mol. The van der Waals surface area contributed by atoms with Gasteiger partial charge in [0.05, 0.1) is 12.7 Å². The van der Waals surface area contributed by atoms with Crippen molar-refractivity contribution >= 4 is 17.6 Å². The van der Waals surface area contributed by atoms with Crippen molar-refractivity contribution < 1.29 is 14.3 Å². The Morgan fingerprint density at radius 3 is 2.69 bits per heavy atom. The van der Waals surface area contributed by atoms with E-state index in [1.54, 1.807) is 13.8 Å². The highest BCUT2D eigenvalue weighted by molar-refractivity contribution is 6.00. The Hall–Kier alpha value is -2.76. The summed E-state index contributed by atoms with van der Waals surface area (Å²) in [6.45, 7) is 6.08. The van der Waals surface area contributed by atoms with E-state index in [4.69, 9.17) is 4.74 Å². The Kier molecular flexibility index (Phi) is 5.30. The van der Waals surface area contributed by atoms with E-state index in [9.17, 15) is 9.59 Å². The van der Waals surface area contributed by atoms with Gasteiger partial charge in [-0.2, -0.15) is 0 Å². The van der Waals surface area contributed by atoms with Gasteiger partial charge in [-0.1, -0.05) is 18.2 Å². The number of anilines is 1. The predicted octanol–water partition coefficient (Wildman–Crippen LogP) is 2.67. The van der Waals surface area contributed by atoms with Crippen molar-refractivity contribution in [2.24, 2.45) is 5.92 Å². The van der Waals surface area contributed by atoms with E-state index in [1.807, 2.05) is 18.2 Å². The first-order valence-electron chi connectivity index (χ1n) is 8.87. The third kappa shape index (κ3) is 3.59. The number of ether oxygens (including phenoxy) is 1. The molecule has 0 aliphatic carbocycles. The average molecular weight is 355 g/mol. The molecule has 0 bridgehead atoms. The lowest BCUT2D eigenvalue weighted by Crippen LogP contribution is -2.31. The molecule has 138 valence electrons. The highest BCUT2D eigenvalue weighted by Gasteiger charge is 2.25. The van der Waals surface area contributed by atoms with Crippen LogP contribution in [0.25, 0.3) is 0 Å². The minimum Gasteiger partial charge on any atom is -0.465 e. The number of rotatable bonds is 5. The van der Waals surface area contributed by atoms with Crippen molar-refractivity contribution in [3.8, 4) is 0 Å². The van der Waals surface area contributed by atoms with Crippen LogP contribution in [-0.2, 0) is 4.74 Å². The molecule has 1 aliphatic heterocycles. The lowest BCUT2D eigenvalue weighted by atomic mass is 10.1. The summed E-state index contributed by atoms with van der Waals surface area (Å²) >= 11 is 0. The van der Waals surface area contributed by atoms with Crippen LogP contribution in [0.5, 0.6) is 0 Å². The summed E-state index contributed by atoms with van der Waals surface area (Å²) in [5.41, 5.74) is 3.37.